The molecule has 2 heterocycles. The lowest BCUT2D eigenvalue weighted by molar-refractivity contribution is 0.580. The zero-order chi connectivity index (χ0) is 21.0. The zero-order valence-electron chi connectivity index (χ0n) is 17.1. The number of rotatable bonds is 6. The second-order valence-corrected chi connectivity index (χ2v) is 8.78. The highest BCUT2D eigenvalue weighted by Crippen LogP contribution is 2.21. The summed E-state index contributed by atoms with van der Waals surface area (Å²) in [5.74, 6) is 1.38. The molecular formula is C21H25ClN6O2S. The molecule has 10 heteroatoms. The predicted octanol–water partition coefficient (Wildman–Crippen LogP) is 3.16. The van der Waals surface area contributed by atoms with E-state index in [0.717, 1.165) is 37.4 Å². The average Bonchev–Trinajstić information content (AvgIpc) is 2.76. The van der Waals surface area contributed by atoms with Gasteiger partial charge in [-0.25, -0.2) is 13.4 Å². The molecule has 3 aromatic rings. The van der Waals surface area contributed by atoms with Crippen molar-refractivity contribution in [3.05, 3.63) is 66.4 Å². The maximum atomic E-state index is 12.5. The molecule has 3 N–H and O–H groups in total. The van der Waals surface area contributed by atoms with E-state index >= 15 is 0 Å². The first-order valence-corrected chi connectivity index (χ1v) is 11.2. The monoisotopic (exact) mass is 460 g/mol. The number of piperazine rings is 1. The maximum Gasteiger partial charge on any atom is 0.261 e. The first-order chi connectivity index (χ1) is 14.5. The minimum atomic E-state index is -3.62. The summed E-state index contributed by atoms with van der Waals surface area (Å²) in [6.45, 7) is 5.50. The van der Waals surface area contributed by atoms with Crippen molar-refractivity contribution in [3.63, 3.8) is 0 Å². The largest absolute Gasteiger partial charge is 0.340 e. The quantitative estimate of drug-likeness (QED) is 0.519. The van der Waals surface area contributed by atoms with E-state index in [4.69, 9.17) is 0 Å². The molecule has 4 rings (SSSR count). The normalized spacial score (nSPS) is 13.9. The molecular weight excluding hydrogens is 436 g/mol. The van der Waals surface area contributed by atoms with Gasteiger partial charge in [0.25, 0.3) is 10.0 Å². The number of aromatic nitrogens is 2. The molecule has 8 nitrogen and oxygen atoms in total. The average molecular weight is 461 g/mol. The predicted molar refractivity (Wildman–Crippen MR) is 126 cm³/mol. The number of nitrogens with one attached hydrogen (secondary N) is 3. The summed E-state index contributed by atoms with van der Waals surface area (Å²) in [5.41, 5.74) is 2.30. The van der Waals surface area contributed by atoms with Crippen LogP contribution in [0.1, 0.15) is 5.56 Å². The van der Waals surface area contributed by atoms with Crippen molar-refractivity contribution in [1.82, 2.24) is 15.3 Å². The molecule has 0 saturated carbocycles. The molecule has 1 saturated heterocycles. The zero-order valence-corrected chi connectivity index (χ0v) is 18.7. The fraction of sp³-hybridized carbons (Fsp3) is 0.238. The third kappa shape index (κ3) is 5.84. The van der Waals surface area contributed by atoms with Gasteiger partial charge in [0.05, 0.1) is 4.90 Å². The van der Waals surface area contributed by atoms with E-state index in [1.165, 1.54) is 0 Å². The highest BCUT2D eigenvalue weighted by atomic mass is 35.5. The van der Waals surface area contributed by atoms with Gasteiger partial charge in [-0.2, -0.15) is 4.98 Å². The Labute approximate surface area is 188 Å². The third-order valence-electron chi connectivity index (χ3n) is 4.78. The number of hydrogen-bond acceptors (Lipinski definition) is 7. The molecule has 0 unspecified atom stereocenters. The van der Waals surface area contributed by atoms with Crippen molar-refractivity contribution in [2.75, 3.05) is 41.1 Å². The number of anilines is 4. The van der Waals surface area contributed by atoms with Crippen LogP contribution in [0.4, 0.5) is 23.1 Å². The van der Waals surface area contributed by atoms with Gasteiger partial charge in [-0.05, 0) is 49.4 Å². The van der Waals surface area contributed by atoms with Crippen LogP contribution >= 0.6 is 12.4 Å². The molecule has 0 aliphatic carbocycles. The van der Waals surface area contributed by atoms with E-state index in [9.17, 15) is 8.42 Å². The Balaban J connectivity index is 0.00000272. The number of nitrogens with zero attached hydrogens (tertiary/aromatic N) is 3. The SMILES string of the molecule is Cc1ccc(S(=O)(=O)Nc2ccc(Nc3ccnc(N4CCNCC4)n3)cc2)cc1.Cl. The van der Waals surface area contributed by atoms with Crippen molar-refractivity contribution in [1.29, 1.82) is 0 Å². The van der Waals surface area contributed by atoms with Crippen LogP contribution in [0.15, 0.2) is 65.7 Å². The summed E-state index contributed by atoms with van der Waals surface area (Å²) in [7, 11) is -3.62. The smallest absolute Gasteiger partial charge is 0.261 e. The third-order valence-corrected chi connectivity index (χ3v) is 6.18. The van der Waals surface area contributed by atoms with E-state index in [1.807, 2.05) is 6.92 Å². The van der Waals surface area contributed by atoms with Crippen molar-refractivity contribution in [3.8, 4) is 0 Å². The van der Waals surface area contributed by atoms with Gasteiger partial charge in [-0.1, -0.05) is 17.7 Å². The lowest BCUT2D eigenvalue weighted by Gasteiger charge is -2.27. The molecule has 1 aliphatic heterocycles. The summed E-state index contributed by atoms with van der Waals surface area (Å²) >= 11 is 0. The van der Waals surface area contributed by atoms with Crippen LogP contribution in [-0.2, 0) is 10.0 Å². The highest BCUT2D eigenvalue weighted by molar-refractivity contribution is 7.92. The van der Waals surface area contributed by atoms with Crippen molar-refractivity contribution in [2.24, 2.45) is 0 Å². The Morgan fingerprint density at radius 3 is 2.26 bits per heavy atom. The van der Waals surface area contributed by atoms with Crippen LogP contribution in [0.25, 0.3) is 0 Å². The van der Waals surface area contributed by atoms with Crippen molar-refractivity contribution < 1.29 is 8.42 Å². The lowest BCUT2D eigenvalue weighted by Crippen LogP contribution is -2.44. The Morgan fingerprint density at radius 2 is 1.58 bits per heavy atom. The highest BCUT2D eigenvalue weighted by Gasteiger charge is 2.15. The maximum absolute atomic E-state index is 12.5. The van der Waals surface area contributed by atoms with Crippen LogP contribution in [0, 0.1) is 6.92 Å². The molecule has 1 fully saturated rings. The minimum Gasteiger partial charge on any atom is -0.340 e. The van der Waals surface area contributed by atoms with Gasteiger partial charge < -0.3 is 15.5 Å². The number of sulfonamides is 1. The molecule has 31 heavy (non-hydrogen) atoms. The van der Waals surface area contributed by atoms with Crippen LogP contribution in [-0.4, -0.2) is 44.6 Å². The first kappa shape index (κ1) is 22.8. The minimum absolute atomic E-state index is 0. The molecule has 0 amide bonds. The number of hydrogen-bond donors (Lipinski definition) is 3. The van der Waals surface area contributed by atoms with E-state index in [-0.39, 0.29) is 17.3 Å². The van der Waals surface area contributed by atoms with E-state index in [2.05, 4.69) is 30.2 Å². The molecule has 1 aliphatic rings. The molecule has 1 aromatic heterocycles. The molecule has 164 valence electrons. The van der Waals surface area contributed by atoms with Gasteiger partial charge in [0.15, 0.2) is 0 Å². The van der Waals surface area contributed by atoms with Gasteiger partial charge in [0.2, 0.25) is 5.95 Å². The standard InChI is InChI=1S/C21H24N6O2S.ClH/c1-16-2-8-19(9-3-16)30(28,29)26-18-6-4-17(5-7-18)24-20-10-11-23-21(25-20)27-14-12-22-13-15-27;/h2-11,22,26H,12-15H2,1H3,(H,23,24,25);1H. The number of halogens is 1. The Kier molecular flexibility index (Phi) is 7.32. The number of aryl methyl sites for hydroxylation is 1. The van der Waals surface area contributed by atoms with Crippen molar-refractivity contribution in [2.45, 2.75) is 11.8 Å². The summed E-state index contributed by atoms with van der Waals surface area (Å²) in [6.07, 6.45) is 1.73. The number of benzene rings is 2. The molecule has 0 spiro atoms. The van der Waals surface area contributed by atoms with E-state index < -0.39 is 10.0 Å². The molecule has 2 aromatic carbocycles. The van der Waals surface area contributed by atoms with Gasteiger partial charge in [-0.3, -0.25) is 4.72 Å². The van der Waals surface area contributed by atoms with Crippen molar-refractivity contribution >= 4 is 45.6 Å². The topological polar surface area (TPSA) is 99.2 Å². The first-order valence-electron chi connectivity index (χ1n) is 9.75. The van der Waals surface area contributed by atoms with Crippen LogP contribution in [0.3, 0.4) is 0 Å². The lowest BCUT2D eigenvalue weighted by atomic mass is 10.2. The van der Waals surface area contributed by atoms with Gasteiger partial charge in [0, 0.05) is 43.8 Å². The Morgan fingerprint density at radius 1 is 0.935 bits per heavy atom. The summed E-state index contributed by atoms with van der Waals surface area (Å²) in [4.78, 5) is 11.3. The fourth-order valence-corrected chi connectivity index (χ4v) is 4.19. The van der Waals surface area contributed by atoms with Crippen LogP contribution in [0.2, 0.25) is 0 Å². The second kappa shape index (κ2) is 9.95. The van der Waals surface area contributed by atoms with Crippen LogP contribution in [0.5, 0.6) is 0 Å². The molecule has 0 bridgehead atoms. The van der Waals surface area contributed by atoms with E-state index in [1.54, 1.807) is 60.8 Å². The second-order valence-electron chi connectivity index (χ2n) is 7.10. The Bertz CT molecular complexity index is 1100. The van der Waals surface area contributed by atoms with Crippen LogP contribution < -0.4 is 20.3 Å². The molecule has 0 atom stereocenters. The van der Waals surface area contributed by atoms with Gasteiger partial charge in [-0.15, -0.1) is 12.4 Å². The van der Waals surface area contributed by atoms with E-state index in [0.29, 0.717) is 17.5 Å². The van der Waals surface area contributed by atoms with Gasteiger partial charge in [0.1, 0.15) is 5.82 Å². The summed E-state index contributed by atoms with van der Waals surface area (Å²) < 4.78 is 27.7. The Hall–Kier alpha value is -2.88. The molecule has 0 radical (unpaired) electrons. The van der Waals surface area contributed by atoms with Gasteiger partial charge >= 0.3 is 0 Å². The summed E-state index contributed by atoms with van der Waals surface area (Å²) in [5, 5.41) is 6.55. The summed E-state index contributed by atoms with van der Waals surface area (Å²) in [6, 6.07) is 15.6. The fourth-order valence-electron chi connectivity index (χ4n) is 3.14.